The monoisotopic (exact) mass is 575 g/mol. The third kappa shape index (κ3) is 7.49. The van der Waals surface area contributed by atoms with Gasteiger partial charge in [-0.2, -0.15) is 0 Å². The van der Waals surface area contributed by atoms with Gasteiger partial charge in [0.15, 0.2) is 0 Å². The van der Waals surface area contributed by atoms with Gasteiger partial charge >= 0.3 is 6.09 Å². The predicted octanol–water partition coefficient (Wildman–Crippen LogP) is 5.87. The molecular weight excluding hydrogens is 534 g/mol. The third-order valence-corrected chi connectivity index (χ3v) is 9.14. The predicted molar refractivity (Wildman–Crippen MR) is 164 cm³/mol. The summed E-state index contributed by atoms with van der Waals surface area (Å²) in [7, 11) is 0. The molecule has 41 heavy (non-hydrogen) atoms. The van der Waals surface area contributed by atoms with Crippen LogP contribution in [0.15, 0.2) is 84.9 Å². The number of rotatable bonds is 10. The van der Waals surface area contributed by atoms with E-state index in [0.717, 1.165) is 64.0 Å². The second kappa shape index (κ2) is 13.8. The fourth-order valence-electron chi connectivity index (χ4n) is 6.39. The minimum absolute atomic E-state index is 0.0373. The number of carbonyl (C=O) groups is 1. The van der Waals surface area contributed by atoms with Crippen molar-refractivity contribution >= 4 is 17.7 Å². The van der Waals surface area contributed by atoms with E-state index in [2.05, 4.69) is 64.1 Å². The van der Waals surface area contributed by atoms with Gasteiger partial charge in [0, 0.05) is 30.1 Å². The minimum atomic E-state index is -0.808. The first-order valence-corrected chi connectivity index (χ1v) is 15.3. The summed E-state index contributed by atoms with van der Waals surface area (Å²) < 4.78 is 5.79. The van der Waals surface area contributed by atoms with E-state index in [0.29, 0.717) is 24.4 Å². The van der Waals surface area contributed by atoms with E-state index in [1.165, 1.54) is 11.1 Å². The van der Waals surface area contributed by atoms with Crippen LogP contribution in [0, 0.1) is 0 Å². The van der Waals surface area contributed by atoms with Crippen molar-refractivity contribution in [2.24, 2.45) is 0 Å². The molecule has 2 aliphatic rings. The molecule has 5 rings (SSSR count). The Morgan fingerprint density at radius 1 is 0.951 bits per heavy atom. The standard InChI is InChI=1S/C34H42ClN3O3/c35-30-14-12-29(13-15-30)34(40)19-24-38(25-20-34)23-7-18-33(27-8-3-1-4-9-27,28-10-5-2-6-11-28)26-37-32(39)41-31-16-21-36-22-17-31/h1-6,8-15,31,36,40H,7,16-26H2,(H,37,39). The first kappa shape index (κ1) is 29.6. The number of hydrogen-bond acceptors (Lipinski definition) is 5. The summed E-state index contributed by atoms with van der Waals surface area (Å²) in [4.78, 5) is 15.4. The number of halogens is 1. The Kier molecular flexibility index (Phi) is 9.99. The van der Waals surface area contributed by atoms with E-state index in [-0.39, 0.29) is 12.2 Å². The largest absolute Gasteiger partial charge is 0.446 e. The lowest BCUT2D eigenvalue weighted by atomic mass is 9.71. The highest BCUT2D eigenvalue weighted by Gasteiger charge is 2.37. The molecular formula is C34H42ClN3O3. The highest BCUT2D eigenvalue weighted by Crippen LogP contribution is 2.38. The van der Waals surface area contributed by atoms with Crippen LogP contribution in [-0.2, 0) is 15.8 Å². The summed E-state index contributed by atoms with van der Waals surface area (Å²) in [6.45, 7) is 4.82. The number of amides is 1. The molecule has 1 amide bonds. The molecule has 2 aliphatic heterocycles. The Morgan fingerprint density at radius 3 is 2.12 bits per heavy atom. The van der Waals surface area contributed by atoms with Crippen molar-refractivity contribution in [3.8, 4) is 0 Å². The van der Waals surface area contributed by atoms with Crippen molar-refractivity contribution < 1.29 is 14.6 Å². The number of likely N-dealkylation sites (tertiary alicyclic amines) is 1. The van der Waals surface area contributed by atoms with Crippen LogP contribution in [0.4, 0.5) is 4.79 Å². The molecule has 2 fully saturated rings. The van der Waals surface area contributed by atoms with Gasteiger partial charge < -0.3 is 25.4 Å². The van der Waals surface area contributed by atoms with Crippen molar-refractivity contribution in [1.82, 2.24) is 15.5 Å². The highest BCUT2D eigenvalue weighted by molar-refractivity contribution is 6.30. The van der Waals surface area contributed by atoms with Gasteiger partial charge in [-0.05, 0) is 87.0 Å². The smallest absolute Gasteiger partial charge is 0.407 e. The average molecular weight is 576 g/mol. The first-order valence-electron chi connectivity index (χ1n) is 14.9. The van der Waals surface area contributed by atoms with Crippen molar-refractivity contribution in [3.63, 3.8) is 0 Å². The first-order chi connectivity index (χ1) is 20.0. The molecule has 218 valence electrons. The lowest BCUT2D eigenvalue weighted by Gasteiger charge is -2.40. The maximum atomic E-state index is 12.9. The maximum absolute atomic E-state index is 12.9. The third-order valence-electron chi connectivity index (χ3n) is 8.89. The molecule has 3 aromatic rings. The Morgan fingerprint density at radius 2 is 1.54 bits per heavy atom. The van der Waals surface area contributed by atoms with E-state index >= 15 is 0 Å². The van der Waals surface area contributed by atoms with Gasteiger partial charge in [0.1, 0.15) is 6.10 Å². The molecule has 0 atom stereocenters. The summed E-state index contributed by atoms with van der Waals surface area (Å²) in [6.07, 6.45) is 4.52. The number of nitrogens with one attached hydrogen (secondary N) is 2. The van der Waals surface area contributed by atoms with Gasteiger partial charge in [-0.3, -0.25) is 0 Å². The zero-order valence-electron chi connectivity index (χ0n) is 23.7. The molecule has 0 bridgehead atoms. The van der Waals surface area contributed by atoms with Crippen LogP contribution >= 0.6 is 11.6 Å². The average Bonchev–Trinajstić information content (AvgIpc) is 3.01. The summed E-state index contributed by atoms with van der Waals surface area (Å²) in [5.74, 6) is 0. The molecule has 0 saturated carbocycles. The lowest BCUT2D eigenvalue weighted by molar-refractivity contribution is -0.0262. The number of alkyl carbamates (subject to hydrolysis) is 1. The maximum Gasteiger partial charge on any atom is 0.407 e. The molecule has 3 aromatic carbocycles. The van der Waals surface area contributed by atoms with E-state index in [4.69, 9.17) is 16.3 Å². The number of piperidine rings is 2. The fraction of sp³-hybridized carbons (Fsp3) is 0.441. The lowest BCUT2D eigenvalue weighted by Crippen LogP contribution is -2.45. The fourth-order valence-corrected chi connectivity index (χ4v) is 6.52. The summed E-state index contributed by atoms with van der Waals surface area (Å²) in [5, 5.41) is 18.5. The van der Waals surface area contributed by atoms with Crippen molar-refractivity contribution in [2.75, 3.05) is 39.3 Å². The number of hydrogen-bond donors (Lipinski definition) is 3. The molecule has 0 radical (unpaired) electrons. The molecule has 3 N–H and O–H groups in total. The molecule has 2 heterocycles. The Labute approximate surface area is 249 Å². The Bertz CT molecular complexity index is 1190. The number of nitrogens with zero attached hydrogens (tertiary/aromatic N) is 1. The Balaban J connectivity index is 1.27. The van der Waals surface area contributed by atoms with Crippen molar-refractivity contribution in [2.45, 2.75) is 55.6 Å². The van der Waals surface area contributed by atoms with Crippen LogP contribution in [0.5, 0.6) is 0 Å². The zero-order valence-corrected chi connectivity index (χ0v) is 24.5. The van der Waals surface area contributed by atoms with Gasteiger partial charge in [0.25, 0.3) is 0 Å². The number of carbonyl (C=O) groups excluding carboxylic acids is 1. The van der Waals surface area contributed by atoms with Crippen LogP contribution in [0.1, 0.15) is 55.2 Å². The second-order valence-electron chi connectivity index (χ2n) is 11.5. The van der Waals surface area contributed by atoms with Crippen LogP contribution in [0.2, 0.25) is 5.02 Å². The molecule has 0 unspecified atom stereocenters. The van der Waals surface area contributed by atoms with E-state index in [9.17, 15) is 9.90 Å². The van der Waals surface area contributed by atoms with E-state index in [1.807, 2.05) is 36.4 Å². The van der Waals surface area contributed by atoms with Gasteiger partial charge in [0.2, 0.25) is 0 Å². The number of benzene rings is 3. The van der Waals surface area contributed by atoms with Crippen molar-refractivity contribution in [3.05, 3.63) is 107 Å². The summed E-state index contributed by atoms with van der Waals surface area (Å²) >= 11 is 6.06. The molecule has 0 aromatic heterocycles. The van der Waals surface area contributed by atoms with Gasteiger partial charge in [-0.25, -0.2) is 4.79 Å². The molecule has 0 spiro atoms. The quantitative estimate of drug-likeness (QED) is 0.282. The molecule has 6 nitrogen and oxygen atoms in total. The normalized spacial score (nSPS) is 18.1. The molecule has 2 saturated heterocycles. The van der Waals surface area contributed by atoms with Crippen LogP contribution in [-0.4, -0.2) is 61.5 Å². The van der Waals surface area contributed by atoms with Crippen LogP contribution < -0.4 is 10.6 Å². The molecule has 0 aliphatic carbocycles. The zero-order chi connectivity index (χ0) is 28.5. The van der Waals surface area contributed by atoms with E-state index in [1.54, 1.807) is 0 Å². The Hall–Kier alpha value is -2.90. The van der Waals surface area contributed by atoms with Crippen LogP contribution in [0.3, 0.4) is 0 Å². The second-order valence-corrected chi connectivity index (χ2v) is 11.9. The topological polar surface area (TPSA) is 73.8 Å². The summed E-state index contributed by atoms with van der Waals surface area (Å²) in [6, 6.07) is 28.6. The van der Waals surface area contributed by atoms with Crippen LogP contribution in [0.25, 0.3) is 0 Å². The summed E-state index contributed by atoms with van der Waals surface area (Å²) in [5.41, 5.74) is 2.11. The van der Waals surface area contributed by atoms with Gasteiger partial charge in [0.05, 0.1) is 5.60 Å². The molecule has 7 heteroatoms. The number of aliphatic hydroxyl groups is 1. The minimum Gasteiger partial charge on any atom is -0.446 e. The van der Waals surface area contributed by atoms with Crippen molar-refractivity contribution in [1.29, 1.82) is 0 Å². The number of ether oxygens (including phenoxy) is 1. The van der Waals surface area contributed by atoms with Gasteiger partial charge in [-0.15, -0.1) is 0 Å². The highest BCUT2D eigenvalue weighted by atomic mass is 35.5. The van der Waals surface area contributed by atoms with E-state index < -0.39 is 11.0 Å². The SMILES string of the molecule is O=C(NCC(CCCN1CCC(O)(c2ccc(Cl)cc2)CC1)(c1ccccc1)c1ccccc1)OC1CCNCC1. The van der Waals surface area contributed by atoms with Gasteiger partial charge in [-0.1, -0.05) is 84.4 Å².